The van der Waals surface area contributed by atoms with Gasteiger partial charge in [0, 0.05) is 11.4 Å². The SMILES string of the molecule is N#CN(CC(=O)N1CCC(c2ccccc2)=N1)c1cccc(Cl)c1. The van der Waals surface area contributed by atoms with E-state index < -0.39 is 0 Å². The van der Waals surface area contributed by atoms with Crippen molar-refractivity contribution in [1.82, 2.24) is 5.01 Å². The summed E-state index contributed by atoms with van der Waals surface area (Å²) in [6, 6.07) is 16.6. The van der Waals surface area contributed by atoms with Crippen molar-refractivity contribution >= 4 is 28.9 Å². The summed E-state index contributed by atoms with van der Waals surface area (Å²) >= 11 is 5.94. The maximum Gasteiger partial charge on any atom is 0.263 e. The molecule has 120 valence electrons. The molecule has 24 heavy (non-hydrogen) atoms. The van der Waals surface area contributed by atoms with Crippen molar-refractivity contribution < 1.29 is 4.79 Å². The molecule has 0 bridgehead atoms. The molecule has 3 rings (SSSR count). The van der Waals surface area contributed by atoms with Crippen LogP contribution in [-0.2, 0) is 4.79 Å². The van der Waals surface area contributed by atoms with Crippen LogP contribution < -0.4 is 4.90 Å². The maximum atomic E-state index is 12.4. The highest BCUT2D eigenvalue weighted by Crippen LogP contribution is 2.20. The first-order chi connectivity index (χ1) is 11.7. The summed E-state index contributed by atoms with van der Waals surface area (Å²) in [7, 11) is 0. The number of rotatable bonds is 4. The Morgan fingerprint density at radius 2 is 2.04 bits per heavy atom. The predicted octanol–water partition coefficient (Wildman–Crippen LogP) is 3.26. The van der Waals surface area contributed by atoms with Crippen LogP contribution in [0.3, 0.4) is 0 Å². The summed E-state index contributed by atoms with van der Waals surface area (Å²) in [6.45, 7) is 0.459. The van der Waals surface area contributed by atoms with Gasteiger partial charge in [-0.1, -0.05) is 48.0 Å². The molecule has 0 aliphatic carbocycles. The predicted molar refractivity (Wildman–Crippen MR) is 93.7 cm³/mol. The fourth-order valence-corrected chi connectivity index (χ4v) is 2.70. The average Bonchev–Trinajstić information content (AvgIpc) is 3.10. The minimum absolute atomic E-state index is 0.0671. The quantitative estimate of drug-likeness (QED) is 0.635. The highest BCUT2D eigenvalue weighted by Gasteiger charge is 2.23. The normalized spacial score (nSPS) is 13.3. The number of carbonyl (C=O) groups excluding carboxylic acids is 1. The molecule has 0 N–H and O–H groups in total. The second kappa shape index (κ2) is 7.16. The van der Waals surface area contributed by atoms with Crippen LogP contribution in [0, 0.1) is 11.5 Å². The number of carbonyl (C=O) groups is 1. The Morgan fingerprint density at radius 1 is 1.25 bits per heavy atom. The fraction of sp³-hybridized carbons (Fsp3) is 0.167. The minimum atomic E-state index is -0.220. The van der Waals surface area contributed by atoms with E-state index in [1.165, 1.54) is 9.91 Å². The molecule has 0 unspecified atom stereocenters. The number of nitriles is 1. The Kier molecular flexibility index (Phi) is 4.78. The number of hydrogen-bond acceptors (Lipinski definition) is 4. The molecule has 1 amide bonds. The molecular formula is C18H15ClN4O. The van der Waals surface area contributed by atoms with Gasteiger partial charge in [-0.05, 0) is 23.8 Å². The third-order valence-corrected chi connectivity index (χ3v) is 3.97. The summed E-state index contributed by atoms with van der Waals surface area (Å²) in [5.41, 5.74) is 2.49. The molecular weight excluding hydrogens is 324 g/mol. The van der Waals surface area contributed by atoms with Gasteiger partial charge in [0.05, 0.1) is 17.9 Å². The lowest BCUT2D eigenvalue weighted by Gasteiger charge is -2.18. The highest BCUT2D eigenvalue weighted by atomic mass is 35.5. The third kappa shape index (κ3) is 3.55. The Bertz CT molecular complexity index is 813. The van der Waals surface area contributed by atoms with Crippen LogP contribution in [0.1, 0.15) is 12.0 Å². The third-order valence-electron chi connectivity index (χ3n) is 3.73. The largest absolute Gasteiger partial charge is 0.271 e. The zero-order valence-electron chi connectivity index (χ0n) is 12.9. The number of amides is 1. The van der Waals surface area contributed by atoms with Gasteiger partial charge in [-0.3, -0.25) is 9.69 Å². The first-order valence-corrected chi connectivity index (χ1v) is 7.91. The monoisotopic (exact) mass is 338 g/mol. The number of nitrogens with zero attached hydrogens (tertiary/aromatic N) is 4. The maximum absolute atomic E-state index is 12.4. The molecule has 0 atom stereocenters. The molecule has 0 aromatic heterocycles. The molecule has 6 heteroatoms. The average molecular weight is 339 g/mol. The van der Waals surface area contributed by atoms with Crippen molar-refractivity contribution in [3.63, 3.8) is 0 Å². The summed E-state index contributed by atoms with van der Waals surface area (Å²) in [6.07, 6.45) is 2.73. The van der Waals surface area contributed by atoms with E-state index >= 15 is 0 Å². The van der Waals surface area contributed by atoms with Gasteiger partial charge in [-0.15, -0.1) is 0 Å². The number of hydrazone groups is 1. The Morgan fingerprint density at radius 3 is 2.75 bits per heavy atom. The first kappa shape index (κ1) is 16.0. The number of halogens is 1. The summed E-state index contributed by atoms with van der Waals surface area (Å²) in [4.78, 5) is 13.8. The van der Waals surface area contributed by atoms with Gasteiger partial charge in [0.2, 0.25) is 0 Å². The van der Waals surface area contributed by atoms with E-state index in [0.29, 0.717) is 23.7 Å². The zero-order valence-corrected chi connectivity index (χ0v) is 13.6. The molecule has 1 aliphatic rings. The molecule has 2 aromatic rings. The van der Waals surface area contributed by atoms with E-state index in [2.05, 4.69) is 5.10 Å². The molecule has 1 aliphatic heterocycles. The summed E-state index contributed by atoms with van der Waals surface area (Å²) < 4.78 is 0. The van der Waals surface area contributed by atoms with E-state index in [9.17, 15) is 10.1 Å². The second-order valence-corrected chi connectivity index (χ2v) is 5.78. The second-order valence-electron chi connectivity index (χ2n) is 5.35. The Labute approximate surface area is 145 Å². The van der Waals surface area contributed by atoms with Gasteiger partial charge >= 0.3 is 0 Å². The lowest BCUT2D eigenvalue weighted by atomic mass is 10.1. The van der Waals surface area contributed by atoms with Crippen molar-refractivity contribution in [2.45, 2.75) is 6.42 Å². The van der Waals surface area contributed by atoms with Crippen LogP contribution in [-0.4, -0.2) is 29.7 Å². The van der Waals surface area contributed by atoms with Crippen molar-refractivity contribution in [3.8, 4) is 6.19 Å². The van der Waals surface area contributed by atoms with Crippen LogP contribution >= 0.6 is 11.6 Å². The van der Waals surface area contributed by atoms with Crippen LogP contribution in [0.4, 0.5) is 5.69 Å². The van der Waals surface area contributed by atoms with Crippen molar-refractivity contribution in [1.29, 1.82) is 5.26 Å². The van der Waals surface area contributed by atoms with Crippen LogP contribution in [0.15, 0.2) is 59.7 Å². The smallest absolute Gasteiger partial charge is 0.263 e. The fourth-order valence-electron chi connectivity index (χ4n) is 2.52. The van der Waals surface area contributed by atoms with Crippen molar-refractivity contribution in [2.75, 3.05) is 18.0 Å². The van der Waals surface area contributed by atoms with Gasteiger partial charge in [-0.25, -0.2) is 5.01 Å². The van der Waals surface area contributed by atoms with Crippen molar-refractivity contribution in [2.24, 2.45) is 5.10 Å². The highest BCUT2D eigenvalue weighted by molar-refractivity contribution is 6.30. The lowest BCUT2D eigenvalue weighted by molar-refractivity contribution is -0.129. The molecule has 1 heterocycles. The first-order valence-electron chi connectivity index (χ1n) is 7.53. The molecule has 0 saturated heterocycles. The molecule has 0 radical (unpaired) electrons. The van der Waals surface area contributed by atoms with Crippen LogP contribution in [0.5, 0.6) is 0 Å². The lowest BCUT2D eigenvalue weighted by Crippen LogP contribution is -2.34. The van der Waals surface area contributed by atoms with Gasteiger partial charge in [0.1, 0.15) is 6.54 Å². The molecule has 0 spiro atoms. The Hall–Kier alpha value is -2.84. The standard InChI is InChI=1S/C18H15ClN4O/c19-15-7-4-8-16(11-15)22(13-20)12-18(24)23-10-9-17(21-23)14-5-2-1-3-6-14/h1-8,11H,9-10,12H2. The topological polar surface area (TPSA) is 59.7 Å². The van der Waals surface area contributed by atoms with E-state index in [0.717, 1.165) is 11.3 Å². The van der Waals surface area contributed by atoms with Gasteiger partial charge in [-0.2, -0.15) is 10.4 Å². The van der Waals surface area contributed by atoms with E-state index in [-0.39, 0.29) is 12.5 Å². The molecule has 0 fully saturated rings. The summed E-state index contributed by atoms with van der Waals surface area (Å²) in [5, 5.41) is 15.7. The molecule has 2 aromatic carbocycles. The van der Waals surface area contributed by atoms with E-state index in [4.69, 9.17) is 11.6 Å². The zero-order chi connectivity index (χ0) is 16.9. The number of hydrogen-bond donors (Lipinski definition) is 0. The van der Waals surface area contributed by atoms with Crippen molar-refractivity contribution in [3.05, 3.63) is 65.2 Å². The van der Waals surface area contributed by atoms with Crippen LogP contribution in [0.25, 0.3) is 0 Å². The minimum Gasteiger partial charge on any atom is -0.271 e. The number of anilines is 1. The molecule has 0 saturated carbocycles. The van der Waals surface area contributed by atoms with Gasteiger partial charge < -0.3 is 0 Å². The van der Waals surface area contributed by atoms with Gasteiger partial charge in [0.25, 0.3) is 5.91 Å². The Balaban J connectivity index is 1.71. The molecule has 5 nitrogen and oxygen atoms in total. The number of benzene rings is 2. The summed E-state index contributed by atoms with van der Waals surface area (Å²) in [5.74, 6) is -0.220. The van der Waals surface area contributed by atoms with E-state index in [1.54, 1.807) is 24.3 Å². The van der Waals surface area contributed by atoms with E-state index in [1.807, 2.05) is 36.5 Å². The van der Waals surface area contributed by atoms with Crippen LogP contribution in [0.2, 0.25) is 5.02 Å². The van der Waals surface area contributed by atoms with Gasteiger partial charge in [0.15, 0.2) is 6.19 Å².